The summed E-state index contributed by atoms with van der Waals surface area (Å²) in [5.74, 6) is -0.128. The second kappa shape index (κ2) is 5.38. The summed E-state index contributed by atoms with van der Waals surface area (Å²) in [6.07, 6.45) is 0. The molecule has 1 aromatic heterocycles. The average Bonchev–Trinajstić information content (AvgIpc) is 2.46. The van der Waals surface area contributed by atoms with Crippen LogP contribution in [0.3, 0.4) is 0 Å². The molecule has 0 aliphatic rings. The predicted octanol–water partition coefficient (Wildman–Crippen LogP) is 1.89. The number of halogens is 1. The molecule has 21 heavy (non-hydrogen) atoms. The normalized spacial score (nSPS) is 9.43. The monoisotopic (exact) mass is 295 g/mol. The van der Waals surface area contributed by atoms with Crippen LogP contribution in [-0.4, -0.2) is 4.98 Å². The van der Waals surface area contributed by atoms with Crippen LogP contribution in [0.25, 0.3) is 11.1 Å². The highest BCUT2D eigenvalue weighted by atomic mass is 35.5. The number of hydrogen-bond donors (Lipinski definition) is 2. The SMILES string of the molecule is N#Cc1ccc(-c2c(C#N)c(N)[nH]c(=O)c2C#N)cc1Cl. The number of anilines is 1. The summed E-state index contributed by atoms with van der Waals surface area (Å²) in [7, 11) is 0. The van der Waals surface area contributed by atoms with E-state index in [1.165, 1.54) is 18.2 Å². The first kappa shape index (κ1) is 14.1. The lowest BCUT2D eigenvalue weighted by Gasteiger charge is -2.09. The van der Waals surface area contributed by atoms with Crippen molar-refractivity contribution < 1.29 is 0 Å². The van der Waals surface area contributed by atoms with E-state index in [1.807, 2.05) is 12.1 Å². The van der Waals surface area contributed by atoms with E-state index in [2.05, 4.69) is 4.98 Å². The minimum Gasteiger partial charge on any atom is -0.384 e. The van der Waals surface area contributed by atoms with Crippen LogP contribution in [-0.2, 0) is 0 Å². The number of nitrogens with two attached hydrogens (primary N) is 1. The van der Waals surface area contributed by atoms with Crippen LogP contribution in [0.2, 0.25) is 5.02 Å². The fraction of sp³-hybridized carbons (Fsp3) is 0. The first-order valence-electron chi connectivity index (χ1n) is 5.59. The summed E-state index contributed by atoms with van der Waals surface area (Å²) >= 11 is 5.94. The lowest BCUT2D eigenvalue weighted by molar-refractivity contribution is 1.21. The van der Waals surface area contributed by atoms with Gasteiger partial charge in [0.25, 0.3) is 5.56 Å². The van der Waals surface area contributed by atoms with Crippen molar-refractivity contribution in [3.05, 3.63) is 50.3 Å². The third kappa shape index (κ3) is 2.30. The second-order valence-electron chi connectivity index (χ2n) is 4.02. The number of nitriles is 3. The molecule has 0 atom stereocenters. The van der Waals surface area contributed by atoms with E-state index >= 15 is 0 Å². The third-order valence-electron chi connectivity index (χ3n) is 2.85. The molecule has 0 bridgehead atoms. The van der Waals surface area contributed by atoms with Gasteiger partial charge in [-0.1, -0.05) is 17.7 Å². The molecule has 1 heterocycles. The number of aromatic amines is 1. The zero-order chi connectivity index (χ0) is 15.6. The Morgan fingerprint density at radius 3 is 2.29 bits per heavy atom. The van der Waals surface area contributed by atoms with Gasteiger partial charge in [-0.2, -0.15) is 15.8 Å². The molecular formula is C14H6ClN5O. The van der Waals surface area contributed by atoms with Gasteiger partial charge in [0, 0.05) is 5.56 Å². The number of pyridine rings is 1. The molecule has 0 aliphatic heterocycles. The van der Waals surface area contributed by atoms with E-state index in [4.69, 9.17) is 27.9 Å². The van der Waals surface area contributed by atoms with Crippen LogP contribution in [0.1, 0.15) is 16.7 Å². The topological polar surface area (TPSA) is 130 Å². The fourth-order valence-corrected chi connectivity index (χ4v) is 2.12. The van der Waals surface area contributed by atoms with Gasteiger partial charge in [-0.05, 0) is 17.7 Å². The molecule has 2 aromatic rings. The van der Waals surface area contributed by atoms with E-state index in [0.29, 0.717) is 5.56 Å². The van der Waals surface area contributed by atoms with Crippen LogP contribution in [0.5, 0.6) is 0 Å². The van der Waals surface area contributed by atoms with E-state index in [9.17, 15) is 10.1 Å². The molecule has 3 N–H and O–H groups in total. The Kier molecular flexibility index (Phi) is 3.63. The first-order valence-corrected chi connectivity index (χ1v) is 5.97. The van der Waals surface area contributed by atoms with Crippen molar-refractivity contribution in [3.63, 3.8) is 0 Å². The first-order chi connectivity index (χ1) is 10.0. The number of hydrogen-bond acceptors (Lipinski definition) is 5. The number of H-pyrrole nitrogens is 1. The van der Waals surface area contributed by atoms with Crippen LogP contribution in [0.4, 0.5) is 5.82 Å². The molecule has 0 spiro atoms. The number of benzene rings is 1. The maximum absolute atomic E-state index is 11.8. The molecule has 0 unspecified atom stereocenters. The summed E-state index contributed by atoms with van der Waals surface area (Å²) in [6.45, 7) is 0. The Morgan fingerprint density at radius 1 is 1.10 bits per heavy atom. The predicted molar refractivity (Wildman–Crippen MR) is 76.1 cm³/mol. The molecular weight excluding hydrogens is 290 g/mol. The summed E-state index contributed by atoms with van der Waals surface area (Å²) in [6, 6.07) is 9.87. The lowest BCUT2D eigenvalue weighted by atomic mass is 9.96. The maximum atomic E-state index is 11.8. The summed E-state index contributed by atoms with van der Waals surface area (Å²) in [4.78, 5) is 14.0. The Hall–Kier alpha value is -3.27. The van der Waals surface area contributed by atoms with Gasteiger partial charge < -0.3 is 10.7 Å². The standard InChI is InChI=1S/C14H6ClN5O/c15-11-3-7(1-2-8(11)4-16)12-9(5-17)13(19)20-14(21)10(12)6-18/h1-3H,(H3,19,20,21). The molecule has 0 fully saturated rings. The molecule has 0 amide bonds. The number of nitrogen functional groups attached to an aromatic ring is 1. The number of nitrogens with one attached hydrogen (secondary N) is 1. The highest BCUT2D eigenvalue weighted by Gasteiger charge is 2.18. The Bertz CT molecular complexity index is 925. The molecule has 0 aliphatic carbocycles. The molecule has 7 heteroatoms. The van der Waals surface area contributed by atoms with Crippen molar-refractivity contribution in [2.24, 2.45) is 0 Å². The third-order valence-corrected chi connectivity index (χ3v) is 3.16. The van der Waals surface area contributed by atoms with E-state index in [0.717, 1.165) is 0 Å². The van der Waals surface area contributed by atoms with Crippen molar-refractivity contribution in [1.29, 1.82) is 15.8 Å². The zero-order valence-corrected chi connectivity index (χ0v) is 11.2. The maximum Gasteiger partial charge on any atom is 0.268 e. The van der Waals surface area contributed by atoms with Crippen LogP contribution in [0.15, 0.2) is 23.0 Å². The van der Waals surface area contributed by atoms with Gasteiger partial charge in [0.2, 0.25) is 0 Å². The van der Waals surface area contributed by atoms with Crippen molar-refractivity contribution in [1.82, 2.24) is 4.98 Å². The number of aromatic nitrogens is 1. The Labute approximate surface area is 124 Å². The fourth-order valence-electron chi connectivity index (χ4n) is 1.89. The van der Waals surface area contributed by atoms with Crippen molar-refractivity contribution >= 4 is 17.4 Å². The Balaban J connectivity index is 2.90. The Morgan fingerprint density at radius 2 is 1.76 bits per heavy atom. The second-order valence-corrected chi connectivity index (χ2v) is 4.43. The van der Waals surface area contributed by atoms with Crippen LogP contribution < -0.4 is 11.3 Å². The molecule has 0 saturated carbocycles. The van der Waals surface area contributed by atoms with Crippen molar-refractivity contribution in [2.45, 2.75) is 0 Å². The molecule has 1 aromatic carbocycles. The minimum absolute atomic E-state index is 0.0214. The smallest absolute Gasteiger partial charge is 0.268 e. The quantitative estimate of drug-likeness (QED) is 0.829. The molecule has 2 rings (SSSR count). The number of rotatable bonds is 1. The molecule has 0 radical (unpaired) electrons. The van der Waals surface area contributed by atoms with Gasteiger partial charge in [0.05, 0.1) is 10.6 Å². The van der Waals surface area contributed by atoms with E-state index in [-0.39, 0.29) is 33.1 Å². The summed E-state index contributed by atoms with van der Waals surface area (Å²) < 4.78 is 0. The van der Waals surface area contributed by atoms with Gasteiger partial charge >= 0.3 is 0 Å². The zero-order valence-electron chi connectivity index (χ0n) is 10.4. The minimum atomic E-state index is -0.690. The van der Waals surface area contributed by atoms with Gasteiger partial charge in [-0.25, -0.2) is 0 Å². The number of nitrogens with zero attached hydrogens (tertiary/aromatic N) is 3. The molecule has 6 nitrogen and oxygen atoms in total. The van der Waals surface area contributed by atoms with E-state index < -0.39 is 5.56 Å². The van der Waals surface area contributed by atoms with Crippen LogP contribution in [0, 0.1) is 34.0 Å². The summed E-state index contributed by atoms with van der Waals surface area (Å²) in [5.41, 5.74) is 5.38. The van der Waals surface area contributed by atoms with E-state index in [1.54, 1.807) is 6.07 Å². The van der Waals surface area contributed by atoms with Gasteiger partial charge in [0.1, 0.15) is 35.2 Å². The van der Waals surface area contributed by atoms with Gasteiger partial charge in [-0.15, -0.1) is 0 Å². The molecule has 100 valence electrons. The highest BCUT2D eigenvalue weighted by molar-refractivity contribution is 6.32. The average molecular weight is 296 g/mol. The largest absolute Gasteiger partial charge is 0.384 e. The van der Waals surface area contributed by atoms with Crippen molar-refractivity contribution in [2.75, 3.05) is 5.73 Å². The molecule has 0 saturated heterocycles. The van der Waals surface area contributed by atoms with Crippen LogP contribution >= 0.6 is 11.6 Å². The highest BCUT2D eigenvalue weighted by Crippen LogP contribution is 2.30. The van der Waals surface area contributed by atoms with Gasteiger partial charge in [-0.3, -0.25) is 4.79 Å². The van der Waals surface area contributed by atoms with Crippen molar-refractivity contribution in [3.8, 4) is 29.3 Å². The van der Waals surface area contributed by atoms with Gasteiger partial charge in [0.15, 0.2) is 0 Å². The lowest BCUT2D eigenvalue weighted by Crippen LogP contribution is -2.16. The summed E-state index contributed by atoms with van der Waals surface area (Å²) in [5, 5.41) is 27.3.